The van der Waals surface area contributed by atoms with E-state index in [1.807, 2.05) is 0 Å². The van der Waals surface area contributed by atoms with Crippen molar-refractivity contribution in [1.29, 1.82) is 0 Å². The van der Waals surface area contributed by atoms with Crippen molar-refractivity contribution in [2.75, 3.05) is 37.6 Å². The number of aromatic nitrogens is 2. The van der Waals surface area contributed by atoms with Gasteiger partial charge in [0, 0.05) is 25.7 Å². The Bertz CT molecular complexity index is 1220. The van der Waals surface area contributed by atoms with Crippen molar-refractivity contribution in [1.82, 2.24) is 25.5 Å². The number of nitrogens with one attached hydrogen (secondary N) is 3. The number of benzene rings is 1. The lowest BCUT2D eigenvalue weighted by Crippen LogP contribution is -2.44. The number of carbonyl (C=O) groups is 3. The number of aromatic amines is 1. The van der Waals surface area contributed by atoms with Crippen molar-refractivity contribution in [3.8, 4) is 0 Å². The van der Waals surface area contributed by atoms with Gasteiger partial charge in [-0.05, 0) is 82.2 Å². The molecule has 2 aliphatic heterocycles. The molecule has 3 amide bonds. The van der Waals surface area contributed by atoms with Crippen LogP contribution in [0, 0.1) is 17.2 Å². The monoisotopic (exact) mass is 558 g/mol. The molecule has 1 saturated carbocycles. The highest BCUT2D eigenvalue weighted by Gasteiger charge is 2.49. The molecular weight excluding hydrogens is 523 g/mol. The summed E-state index contributed by atoms with van der Waals surface area (Å²) < 4.78 is 13.5. The van der Waals surface area contributed by atoms with Crippen molar-refractivity contribution in [3.63, 3.8) is 0 Å². The van der Waals surface area contributed by atoms with Gasteiger partial charge >= 0.3 is 0 Å². The van der Waals surface area contributed by atoms with Crippen LogP contribution in [-0.4, -0.2) is 71.4 Å². The molecule has 210 valence electrons. The third kappa shape index (κ3) is 5.96. The minimum absolute atomic E-state index is 0.00566. The van der Waals surface area contributed by atoms with Crippen LogP contribution in [0.5, 0.6) is 0 Å². The number of imidazole rings is 1. The summed E-state index contributed by atoms with van der Waals surface area (Å²) in [6.45, 7) is 6.17. The van der Waals surface area contributed by atoms with E-state index < -0.39 is 17.1 Å². The van der Waals surface area contributed by atoms with Crippen LogP contribution < -0.4 is 15.5 Å². The quantitative estimate of drug-likeness (QED) is 0.479. The van der Waals surface area contributed by atoms with Crippen LogP contribution in [-0.2, 0) is 4.79 Å². The third-order valence-electron chi connectivity index (χ3n) is 8.66. The number of amides is 3. The summed E-state index contributed by atoms with van der Waals surface area (Å²) in [6.07, 6.45) is 6.96. The van der Waals surface area contributed by atoms with Gasteiger partial charge in [0.2, 0.25) is 5.91 Å². The van der Waals surface area contributed by atoms with Crippen molar-refractivity contribution in [2.24, 2.45) is 11.3 Å². The van der Waals surface area contributed by atoms with Crippen LogP contribution >= 0.6 is 11.6 Å². The SMILES string of the molecule is CC1CCN(CCNC(=O)c2[nH]cnc2C(=O)NC2CCC3(CC2)CCN(c2ccc(F)cc2Cl)C3=O)CC1. The molecule has 0 atom stereocenters. The predicted octanol–water partition coefficient (Wildman–Crippen LogP) is 3.76. The fourth-order valence-electron chi connectivity index (χ4n) is 6.12. The minimum atomic E-state index is -0.497. The average Bonchev–Trinajstić information content (AvgIpc) is 3.53. The molecule has 1 aromatic carbocycles. The van der Waals surface area contributed by atoms with E-state index in [9.17, 15) is 18.8 Å². The Morgan fingerprint density at radius 2 is 1.87 bits per heavy atom. The summed E-state index contributed by atoms with van der Waals surface area (Å²) in [5.74, 6) is -0.422. The number of H-pyrrole nitrogens is 1. The first-order chi connectivity index (χ1) is 18.8. The molecule has 3 N–H and O–H groups in total. The van der Waals surface area contributed by atoms with E-state index in [1.165, 1.54) is 31.3 Å². The Morgan fingerprint density at radius 3 is 2.59 bits per heavy atom. The van der Waals surface area contributed by atoms with Crippen LogP contribution in [0.25, 0.3) is 0 Å². The second-order valence-corrected chi connectivity index (χ2v) is 11.6. The van der Waals surface area contributed by atoms with Gasteiger partial charge in [-0.15, -0.1) is 0 Å². The standard InChI is InChI=1S/C28H36ClFN6O3/c1-18-6-12-35(13-7-18)15-11-31-25(37)23-24(33-17-32-23)26(38)34-20-4-8-28(9-5-20)10-14-36(27(28)39)22-3-2-19(30)16-21(22)29/h2-3,16-18,20H,4-15H2,1H3,(H,31,37)(H,32,33)(H,34,38). The van der Waals surface area contributed by atoms with Crippen LogP contribution in [0.3, 0.4) is 0 Å². The molecule has 0 bridgehead atoms. The number of anilines is 1. The normalized spacial score (nSPS) is 24.3. The number of hydrogen-bond donors (Lipinski definition) is 3. The Hall–Kier alpha value is -2.98. The zero-order valence-electron chi connectivity index (χ0n) is 22.3. The first-order valence-electron chi connectivity index (χ1n) is 13.9. The van der Waals surface area contributed by atoms with Gasteiger partial charge in [0.25, 0.3) is 11.8 Å². The molecular formula is C28H36ClFN6O3. The average molecular weight is 559 g/mol. The highest BCUT2D eigenvalue weighted by atomic mass is 35.5. The molecule has 3 heterocycles. The van der Waals surface area contributed by atoms with Crippen LogP contribution in [0.2, 0.25) is 5.02 Å². The van der Waals surface area contributed by atoms with Gasteiger partial charge in [-0.1, -0.05) is 18.5 Å². The molecule has 9 nitrogen and oxygen atoms in total. The minimum Gasteiger partial charge on any atom is -0.349 e. The van der Waals surface area contributed by atoms with Gasteiger partial charge in [-0.3, -0.25) is 14.4 Å². The Kier molecular flexibility index (Phi) is 8.23. The maximum atomic E-state index is 13.5. The lowest BCUT2D eigenvalue weighted by Gasteiger charge is -2.36. The highest BCUT2D eigenvalue weighted by molar-refractivity contribution is 6.34. The Balaban J connectivity index is 1.12. The van der Waals surface area contributed by atoms with Gasteiger partial charge in [-0.25, -0.2) is 9.37 Å². The van der Waals surface area contributed by atoms with Crippen molar-refractivity contribution < 1.29 is 18.8 Å². The van der Waals surface area contributed by atoms with E-state index in [4.69, 9.17) is 11.6 Å². The molecule has 2 aromatic rings. The van der Waals surface area contributed by atoms with Gasteiger partial charge in [0.1, 0.15) is 11.5 Å². The van der Waals surface area contributed by atoms with E-state index in [0.29, 0.717) is 50.9 Å². The van der Waals surface area contributed by atoms with E-state index in [2.05, 4.69) is 32.4 Å². The fraction of sp³-hybridized carbons (Fsp3) is 0.571. The second-order valence-electron chi connectivity index (χ2n) is 11.2. The lowest BCUT2D eigenvalue weighted by atomic mass is 9.71. The molecule has 1 aromatic heterocycles. The highest BCUT2D eigenvalue weighted by Crippen LogP contribution is 2.47. The summed E-state index contributed by atoms with van der Waals surface area (Å²) in [6, 6.07) is 3.96. The largest absolute Gasteiger partial charge is 0.349 e. The molecule has 5 rings (SSSR count). The summed E-state index contributed by atoms with van der Waals surface area (Å²) in [7, 11) is 0. The molecule has 0 unspecified atom stereocenters. The van der Waals surface area contributed by atoms with Crippen molar-refractivity contribution in [2.45, 2.75) is 57.9 Å². The van der Waals surface area contributed by atoms with Crippen LogP contribution in [0.4, 0.5) is 10.1 Å². The smallest absolute Gasteiger partial charge is 0.272 e. The van der Waals surface area contributed by atoms with E-state index >= 15 is 0 Å². The number of hydrogen-bond acceptors (Lipinski definition) is 5. The fourth-order valence-corrected chi connectivity index (χ4v) is 6.39. The molecule has 1 spiro atoms. The Morgan fingerprint density at radius 1 is 1.13 bits per heavy atom. The molecule has 39 heavy (non-hydrogen) atoms. The molecule has 2 saturated heterocycles. The molecule has 3 aliphatic rings. The number of piperidine rings is 1. The Labute approximate surface area is 232 Å². The summed E-state index contributed by atoms with van der Waals surface area (Å²) in [4.78, 5) is 50.1. The van der Waals surface area contributed by atoms with Gasteiger partial charge in [0.05, 0.1) is 22.5 Å². The lowest BCUT2D eigenvalue weighted by molar-refractivity contribution is -0.127. The van der Waals surface area contributed by atoms with Gasteiger partial charge in [0.15, 0.2) is 5.69 Å². The zero-order valence-corrected chi connectivity index (χ0v) is 23.0. The van der Waals surface area contributed by atoms with E-state index in [-0.39, 0.29) is 34.3 Å². The number of carbonyl (C=O) groups excluding carboxylic acids is 3. The van der Waals surface area contributed by atoms with Gasteiger partial charge < -0.3 is 25.4 Å². The van der Waals surface area contributed by atoms with Crippen molar-refractivity contribution in [3.05, 3.63) is 46.8 Å². The number of halogens is 2. The second kappa shape index (κ2) is 11.6. The predicted molar refractivity (Wildman–Crippen MR) is 146 cm³/mol. The molecule has 1 aliphatic carbocycles. The summed E-state index contributed by atoms with van der Waals surface area (Å²) in [5, 5.41) is 6.13. The van der Waals surface area contributed by atoms with Crippen molar-refractivity contribution >= 4 is 35.0 Å². The zero-order chi connectivity index (χ0) is 27.6. The third-order valence-corrected chi connectivity index (χ3v) is 8.97. The van der Waals surface area contributed by atoms with E-state index in [0.717, 1.165) is 25.6 Å². The molecule has 0 radical (unpaired) electrons. The maximum absolute atomic E-state index is 13.5. The van der Waals surface area contributed by atoms with Gasteiger partial charge in [-0.2, -0.15) is 0 Å². The first-order valence-corrected chi connectivity index (χ1v) is 14.3. The maximum Gasteiger partial charge on any atom is 0.272 e. The van der Waals surface area contributed by atoms with E-state index in [1.54, 1.807) is 11.0 Å². The molecule has 11 heteroatoms. The van der Waals surface area contributed by atoms with Crippen LogP contribution in [0.1, 0.15) is 72.8 Å². The summed E-state index contributed by atoms with van der Waals surface area (Å²) in [5.41, 5.74) is 0.270. The first kappa shape index (κ1) is 27.6. The van der Waals surface area contributed by atoms with Crippen LogP contribution in [0.15, 0.2) is 24.5 Å². The topological polar surface area (TPSA) is 110 Å². The number of rotatable bonds is 7. The summed E-state index contributed by atoms with van der Waals surface area (Å²) >= 11 is 6.21. The molecule has 3 fully saturated rings. The number of nitrogens with zero attached hydrogens (tertiary/aromatic N) is 3. The number of likely N-dealkylation sites (tertiary alicyclic amines) is 1.